The van der Waals surface area contributed by atoms with Crippen molar-refractivity contribution in [3.05, 3.63) is 0 Å². The van der Waals surface area contributed by atoms with E-state index in [-0.39, 0.29) is 5.54 Å². The molecule has 3 nitrogen and oxygen atoms in total. The Balaban J connectivity index is 2.04. The van der Waals surface area contributed by atoms with Crippen molar-refractivity contribution in [2.24, 2.45) is 11.7 Å². The van der Waals surface area contributed by atoms with Crippen LogP contribution in [-0.4, -0.2) is 29.2 Å². The van der Waals surface area contributed by atoms with Crippen molar-refractivity contribution in [2.75, 3.05) is 6.54 Å². The molecule has 2 rings (SSSR count). The van der Waals surface area contributed by atoms with Crippen LogP contribution >= 0.6 is 0 Å². The van der Waals surface area contributed by atoms with E-state index in [0.717, 1.165) is 12.5 Å². The van der Waals surface area contributed by atoms with Crippen molar-refractivity contribution in [3.63, 3.8) is 0 Å². The van der Waals surface area contributed by atoms with Gasteiger partial charge >= 0.3 is 0 Å². The molecule has 0 aromatic carbocycles. The van der Waals surface area contributed by atoms with Gasteiger partial charge in [0.05, 0.1) is 0 Å². The molecule has 0 aromatic heterocycles. The van der Waals surface area contributed by atoms with Gasteiger partial charge < -0.3 is 5.73 Å². The van der Waals surface area contributed by atoms with Crippen LogP contribution in [0.25, 0.3) is 0 Å². The summed E-state index contributed by atoms with van der Waals surface area (Å²) in [5, 5.41) is 2.52. The molecule has 1 saturated heterocycles. The van der Waals surface area contributed by atoms with Crippen LogP contribution in [0.3, 0.4) is 0 Å². The maximum atomic E-state index is 6.17. The summed E-state index contributed by atoms with van der Waals surface area (Å²) in [6.07, 6.45) is 10.5. The smallest absolute Gasteiger partial charge is 0.0450 e. The number of nitrogens with zero attached hydrogens (tertiary/aromatic N) is 1. The molecule has 4 atom stereocenters. The minimum atomic E-state index is 0.165. The summed E-state index contributed by atoms with van der Waals surface area (Å²) >= 11 is 0. The number of hydrogen-bond acceptors (Lipinski definition) is 3. The SMILES string of the molecule is CCC1CCCC(CN)(NN2C(C)CCCC2C)C1. The fourth-order valence-electron chi connectivity index (χ4n) is 4.08. The molecule has 1 aliphatic heterocycles. The lowest BCUT2D eigenvalue weighted by atomic mass is 9.75. The molecule has 0 spiro atoms. The lowest BCUT2D eigenvalue weighted by Crippen LogP contribution is -2.64. The Morgan fingerprint density at radius 1 is 1.16 bits per heavy atom. The maximum absolute atomic E-state index is 6.17. The Hall–Kier alpha value is -0.120. The summed E-state index contributed by atoms with van der Waals surface area (Å²) < 4.78 is 0. The summed E-state index contributed by atoms with van der Waals surface area (Å²) in [6, 6.07) is 1.29. The zero-order chi connectivity index (χ0) is 13.9. The normalized spacial score (nSPS) is 41.4. The third kappa shape index (κ3) is 3.50. The number of rotatable bonds is 4. The van der Waals surface area contributed by atoms with Crippen LogP contribution in [0.4, 0.5) is 0 Å². The van der Waals surface area contributed by atoms with Crippen molar-refractivity contribution in [2.45, 2.75) is 89.8 Å². The number of nitrogens with one attached hydrogen (secondary N) is 1. The zero-order valence-corrected chi connectivity index (χ0v) is 13.1. The second-order valence-corrected chi connectivity index (χ2v) is 7.00. The van der Waals surface area contributed by atoms with E-state index in [1.165, 1.54) is 51.4 Å². The average molecular weight is 267 g/mol. The van der Waals surface area contributed by atoms with Gasteiger partial charge in [-0.3, -0.25) is 0 Å². The monoisotopic (exact) mass is 267 g/mol. The molecule has 4 unspecified atom stereocenters. The third-order valence-corrected chi connectivity index (χ3v) is 5.48. The van der Waals surface area contributed by atoms with Gasteiger partial charge in [0.25, 0.3) is 0 Å². The Morgan fingerprint density at radius 3 is 2.42 bits per heavy atom. The minimum absolute atomic E-state index is 0.165. The first kappa shape index (κ1) is 15.3. The number of hydrazine groups is 1. The van der Waals surface area contributed by atoms with E-state index in [2.05, 4.69) is 31.2 Å². The van der Waals surface area contributed by atoms with Crippen molar-refractivity contribution >= 4 is 0 Å². The highest BCUT2D eigenvalue weighted by molar-refractivity contribution is 4.95. The van der Waals surface area contributed by atoms with Crippen LogP contribution in [0.2, 0.25) is 0 Å². The molecule has 0 radical (unpaired) electrons. The Labute approximate surface area is 119 Å². The van der Waals surface area contributed by atoms with E-state index in [4.69, 9.17) is 5.73 Å². The molecular formula is C16H33N3. The number of nitrogens with two attached hydrogens (primary N) is 1. The number of piperidine rings is 1. The lowest BCUT2D eigenvalue weighted by Gasteiger charge is -2.49. The predicted molar refractivity (Wildman–Crippen MR) is 81.8 cm³/mol. The van der Waals surface area contributed by atoms with Crippen LogP contribution in [-0.2, 0) is 0 Å². The van der Waals surface area contributed by atoms with Crippen molar-refractivity contribution < 1.29 is 0 Å². The van der Waals surface area contributed by atoms with E-state index >= 15 is 0 Å². The fraction of sp³-hybridized carbons (Fsp3) is 1.00. The molecule has 112 valence electrons. The maximum Gasteiger partial charge on any atom is 0.0450 e. The Morgan fingerprint density at radius 2 is 1.84 bits per heavy atom. The van der Waals surface area contributed by atoms with Crippen molar-refractivity contribution in [3.8, 4) is 0 Å². The first-order chi connectivity index (χ1) is 9.10. The Bertz CT molecular complexity index is 271. The number of hydrogen-bond donors (Lipinski definition) is 2. The van der Waals surface area contributed by atoms with Crippen LogP contribution in [0.1, 0.15) is 72.1 Å². The van der Waals surface area contributed by atoms with Gasteiger partial charge in [0.2, 0.25) is 0 Å². The van der Waals surface area contributed by atoms with E-state index in [1.54, 1.807) is 0 Å². The quantitative estimate of drug-likeness (QED) is 0.822. The van der Waals surface area contributed by atoms with Gasteiger partial charge in [-0.15, -0.1) is 0 Å². The molecule has 3 N–H and O–H groups in total. The van der Waals surface area contributed by atoms with Crippen LogP contribution < -0.4 is 11.2 Å². The van der Waals surface area contributed by atoms with E-state index in [0.29, 0.717) is 12.1 Å². The third-order valence-electron chi connectivity index (χ3n) is 5.48. The van der Waals surface area contributed by atoms with E-state index in [1.807, 2.05) is 0 Å². The fourth-order valence-corrected chi connectivity index (χ4v) is 4.08. The summed E-state index contributed by atoms with van der Waals surface area (Å²) in [5.74, 6) is 0.861. The van der Waals surface area contributed by atoms with Gasteiger partial charge in [0.1, 0.15) is 0 Å². The van der Waals surface area contributed by atoms with E-state index < -0.39 is 0 Å². The second-order valence-electron chi connectivity index (χ2n) is 7.00. The zero-order valence-electron chi connectivity index (χ0n) is 13.1. The van der Waals surface area contributed by atoms with Crippen LogP contribution in [0.15, 0.2) is 0 Å². The highest BCUT2D eigenvalue weighted by Crippen LogP contribution is 2.35. The van der Waals surface area contributed by atoms with Crippen molar-refractivity contribution in [1.82, 2.24) is 10.4 Å². The molecule has 1 aliphatic carbocycles. The summed E-state index contributed by atoms with van der Waals surface area (Å²) in [5.41, 5.74) is 10.2. The Kier molecular flexibility index (Phi) is 5.27. The van der Waals surface area contributed by atoms with Crippen LogP contribution in [0.5, 0.6) is 0 Å². The second kappa shape index (κ2) is 6.55. The van der Waals surface area contributed by atoms with Gasteiger partial charge in [-0.1, -0.05) is 32.6 Å². The molecule has 19 heavy (non-hydrogen) atoms. The van der Waals surface area contributed by atoms with Crippen LogP contribution in [0, 0.1) is 5.92 Å². The van der Waals surface area contributed by atoms with Gasteiger partial charge in [0, 0.05) is 24.2 Å². The van der Waals surface area contributed by atoms with Gasteiger partial charge in [-0.25, -0.2) is 10.4 Å². The van der Waals surface area contributed by atoms with Gasteiger partial charge in [-0.05, 0) is 45.4 Å². The molecule has 1 heterocycles. The molecule has 1 saturated carbocycles. The molecule has 0 aromatic rings. The van der Waals surface area contributed by atoms with Gasteiger partial charge in [0.15, 0.2) is 0 Å². The summed E-state index contributed by atoms with van der Waals surface area (Å²) in [6.45, 7) is 7.81. The predicted octanol–water partition coefficient (Wildman–Crippen LogP) is 3.05. The minimum Gasteiger partial charge on any atom is -0.329 e. The van der Waals surface area contributed by atoms with E-state index in [9.17, 15) is 0 Å². The first-order valence-electron chi connectivity index (χ1n) is 8.36. The molecular weight excluding hydrogens is 234 g/mol. The molecule has 0 amide bonds. The highest BCUT2D eigenvalue weighted by Gasteiger charge is 2.38. The lowest BCUT2D eigenvalue weighted by molar-refractivity contribution is -0.0168. The standard InChI is InChI=1S/C16H33N3/c1-4-15-9-6-10-16(11-15,12-17)18-19-13(2)7-5-8-14(19)3/h13-15,18H,4-12,17H2,1-3H3. The van der Waals surface area contributed by atoms with Gasteiger partial charge in [-0.2, -0.15) is 0 Å². The van der Waals surface area contributed by atoms with Crippen molar-refractivity contribution in [1.29, 1.82) is 0 Å². The summed E-state index contributed by atoms with van der Waals surface area (Å²) in [7, 11) is 0. The molecule has 2 aliphatic rings. The summed E-state index contributed by atoms with van der Waals surface area (Å²) in [4.78, 5) is 0. The molecule has 3 heteroatoms. The average Bonchev–Trinajstić information content (AvgIpc) is 2.43. The molecule has 2 fully saturated rings. The highest BCUT2D eigenvalue weighted by atomic mass is 15.6. The largest absolute Gasteiger partial charge is 0.329 e. The molecule has 0 bridgehead atoms. The first-order valence-corrected chi connectivity index (χ1v) is 8.36. The topological polar surface area (TPSA) is 41.3 Å².